The van der Waals surface area contributed by atoms with Crippen molar-refractivity contribution in [3.63, 3.8) is 0 Å². The van der Waals surface area contributed by atoms with Gasteiger partial charge in [0.15, 0.2) is 0 Å². The van der Waals surface area contributed by atoms with Crippen LogP contribution in [-0.4, -0.2) is 12.5 Å². The van der Waals surface area contributed by atoms with E-state index >= 15 is 0 Å². The molecule has 3 aromatic rings. The fourth-order valence-corrected chi connectivity index (χ4v) is 4.79. The Morgan fingerprint density at radius 2 is 1.39 bits per heavy atom. The number of carbonyl (C=O) groups excluding carboxylic acids is 1. The predicted octanol–water partition coefficient (Wildman–Crippen LogP) is 6.41. The summed E-state index contributed by atoms with van der Waals surface area (Å²) >= 11 is 0. The summed E-state index contributed by atoms with van der Waals surface area (Å²) in [6.45, 7) is 2.24. The molecule has 0 saturated heterocycles. The van der Waals surface area contributed by atoms with Crippen LogP contribution in [0.2, 0.25) is 0 Å². The maximum atomic E-state index is 13.5. The molecule has 1 aliphatic rings. The molecule has 0 heterocycles. The Morgan fingerprint density at radius 1 is 0.903 bits per heavy atom. The van der Waals surface area contributed by atoms with Gasteiger partial charge in [-0.3, -0.25) is 4.79 Å². The Kier molecular flexibility index (Phi) is 6.34. The third-order valence-corrected chi connectivity index (χ3v) is 6.26. The molecule has 0 radical (unpaired) electrons. The van der Waals surface area contributed by atoms with Gasteiger partial charge in [0.25, 0.3) is 0 Å². The van der Waals surface area contributed by atoms with Gasteiger partial charge in [0.05, 0.1) is 5.92 Å². The van der Waals surface area contributed by atoms with Crippen LogP contribution in [0.4, 0.5) is 0 Å². The monoisotopic (exact) mass is 411 g/mol. The average Bonchev–Trinajstić information content (AvgIpc) is 2.80. The number of carbonyl (C=O) groups is 1. The lowest BCUT2D eigenvalue weighted by Gasteiger charge is -2.51. The first-order valence-corrected chi connectivity index (χ1v) is 10.6. The molecule has 5 atom stereocenters. The average molecular weight is 412 g/mol. The standard InChI is InChI=1S/C26H25N3O2/c1-18(19-11-5-2-6-12-19)31-26(30)25-23(20-13-7-3-8-14-20)22(17-28-29-27)24(25)21-15-9-4-10-16-21/h2-16,18,22-25H,17H2,1H3/t18?,22-,23+,24?,25+/m0/s1. The molecule has 4 rings (SSSR count). The van der Waals surface area contributed by atoms with Crippen LogP contribution in [0, 0.1) is 11.8 Å². The lowest BCUT2D eigenvalue weighted by molar-refractivity contribution is -0.162. The molecule has 0 N–H and O–H groups in total. The van der Waals surface area contributed by atoms with Gasteiger partial charge in [-0.1, -0.05) is 96.1 Å². The van der Waals surface area contributed by atoms with E-state index in [1.54, 1.807) is 0 Å². The molecule has 1 saturated carbocycles. The molecule has 31 heavy (non-hydrogen) atoms. The van der Waals surface area contributed by atoms with Gasteiger partial charge in [-0.05, 0) is 35.1 Å². The largest absolute Gasteiger partial charge is 0.458 e. The van der Waals surface area contributed by atoms with E-state index in [0.717, 1.165) is 16.7 Å². The van der Waals surface area contributed by atoms with Crippen LogP contribution in [-0.2, 0) is 9.53 Å². The number of rotatable bonds is 7. The normalized spacial score (nSPS) is 23.1. The van der Waals surface area contributed by atoms with Crippen molar-refractivity contribution >= 4 is 5.97 Å². The molecule has 0 spiro atoms. The van der Waals surface area contributed by atoms with Crippen LogP contribution in [0.1, 0.15) is 41.6 Å². The van der Waals surface area contributed by atoms with E-state index in [-0.39, 0.29) is 35.7 Å². The van der Waals surface area contributed by atoms with Crippen LogP contribution in [0.3, 0.4) is 0 Å². The van der Waals surface area contributed by atoms with Crippen molar-refractivity contribution < 1.29 is 9.53 Å². The van der Waals surface area contributed by atoms with Gasteiger partial charge in [-0.15, -0.1) is 0 Å². The number of ether oxygens (including phenoxy) is 1. The molecule has 3 aromatic carbocycles. The number of benzene rings is 3. The van der Waals surface area contributed by atoms with E-state index in [1.165, 1.54) is 0 Å². The molecular formula is C26H25N3O2. The van der Waals surface area contributed by atoms with Crippen LogP contribution < -0.4 is 0 Å². The smallest absolute Gasteiger partial charge is 0.310 e. The topological polar surface area (TPSA) is 75.1 Å². The fourth-order valence-electron chi connectivity index (χ4n) is 4.79. The number of azide groups is 1. The van der Waals surface area contributed by atoms with Crippen molar-refractivity contribution in [2.75, 3.05) is 6.54 Å². The number of hydrogen-bond acceptors (Lipinski definition) is 3. The minimum atomic E-state index is -0.338. The summed E-state index contributed by atoms with van der Waals surface area (Å²) < 4.78 is 5.95. The van der Waals surface area contributed by atoms with E-state index in [0.29, 0.717) is 6.54 Å². The summed E-state index contributed by atoms with van der Waals surface area (Å²) in [7, 11) is 0. The maximum absolute atomic E-state index is 13.5. The summed E-state index contributed by atoms with van der Waals surface area (Å²) in [5, 5.41) is 3.88. The molecule has 2 unspecified atom stereocenters. The van der Waals surface area contributed by atoms with Crippen molar-refractivity contribution in [2.45, 2.75) is 24.9 Å². The third kappa shape index (κ3) is 4.32. The molecule has 0 aliphatic heterocycles. The minimum absolute atomic E-state index is 0.0327. The third-order valence-electron chi connectivity index (χ3n) is 6.26. The van der Waals surface area contributed by atoms with Gasteiger partial charge in [-0.25, -0.2) is 0 Å². The number of hydrogen-bond donors (Lipinski definition) is 0. The van der Waals surface area contributed by atoms with E-state index in [1.807, 2.05) is 97.9 Å². The molecular weight excluding hydrogens is 386 g/mol. The molecule has 156 valence electrons. The van der Waals surface area contributed by atoms with Crippen molar-refractivity contribution in [1.82, 2.24) is 0 Å². The van der Waals surface area contributed by atoms with E-state index in [4.69, 9.17) is 10.3 Å². The Labute approximate surface area is 182 Å². The highest BCUT2D eigenvalue weighted by Crippen LogP contribution is 2.58. The van der Waals surface area contributed by atoms with Gasteiger partial charge in [0.1, 0.15) is 6.10 Å². The highest BCUT2D eigenvalue weighted by atomic mass is 16.5. The zero-order valence-corrected chi connectivity index (χ0v) is 17.4. The second kappa shape index (κ2) is 9.50. The van der Waals surface area contributed by atoms with E-state index in [9.17, 15) is 4.79 Å². The summed E-state index contributed by atoms with van der Waals surface area (Å²) in [6.07, 6.45) is -0.335. The summed E-state index contributed by atoms with van der Waals surface area (Å²) in [6, 6.07) is 29.7. The van der Waals surface area contributed by atoms with Gasteiger partial charge >= 0.3 is 5.97 Å². The van der Waals surface area contributed by atoms with Crippen molar-refractivity contribution in [3.05, 3.63) is 118 Å². The quantitative estimate of drug-likeness (QED) is 0.195. The van der Waals surface area contributed by atoms with Gasteiger partial charge in [0.2, 0.25) is 0 Å². The molecule has 1 aliphatic carbocycles. The second-order valence-electron chi connectivity index (χ2n) is 7.97. The fraction of sp³-hybridized carbons (Fsp3) is 0.269. The van der Waals surface area contributed by atoms with Crippen LogP contribution in [0.25, 0.3) is 10.4 Å². The molecule has 0 amide bonds. The lowest BCUT2D eigenvalue weighted by atomic mass is 9.52. The van der Waals surface area contributed by atoms with Gasteiger partial charge in [0, 0.05) is 23.3 Å². The summed E-state index contributed by atoms with van der Waals surface area (Å²) in [5.74, 6) is -0.642. The Hall–Kier alpha value is -3.56. The highest BCUT2D eigenvalue weighted by molar-refractivity contribution is 5.77. The van der Waals surface area contributed by atoms with Crippen molar-refractivity contribution in [1.29, 1.82) is 0 Å². The van der Waals surface area contributed by atoms with Gasteiger partial charge < -0.3 is 4.74 Å². The zero-order valence-electron chi connectivity index (χ0n) is 17.4. The Morgan fingerprint density at radius 3 is 1.87 bits per heavy atom. The molecule has 0 bridgehead atoms. The summed E-state index contributed by atoms with van der Waals surface area (Å²) in [4.78, 5) is 16.5. The van der Waals surface area contributed by atoms with Crippen LogP contribution >= 0.6 is 0 Å². The number of esters is 1. The molecule has 5 heteroatoms. The van der Waals surface area contributed by atoms with Crippen LogP contribution in [0.15, 0.2) is 96.1 Å². The lowest BCUT2D eigenvalue weighted by Crippen LogP contribution is -2.49. The SMILES string of the molecule is CC(OC(=O)[C@H]1C(c2ccccc2)[C@@H](CN=[N+]=[N-])[C@H]1c1ccccc1)c1ccccc1. The Bertz CT molecular complexity index is 1000. The Balaban J connectivity index is 1.67. The first kappa shape index (κ1) is 20.7. The first-order chi connectivity index (χ1) is 15.2. The van der Waals surface area contributed by atoms with Gasteiger partial charge in [-0.2, -0.15) is 0 Å². The molecule has 1 fully saturated rings. The predicted molar refractivity (Wildman–Crippen MR) is 120 cm³/mol. The molecule has 0 aromatic heterocycles. The summed E-state index contributed by atoms with van der Waals surface area (Å²) in [5.41, 5.74) is 12.0. The molecule has 5 nitrogen and oxygen atoms in total. The van der Waals surface area contributed by atoms with Crippen molar-refractivity contribution in [2.24, 2.45) is 17.0 Å². The van der Waals surface area contributed by atoms with E-state index in [2.05, 4.69) is 10.0 Å². The highest BCUT2D eigenvalue weighted by Gasteiger charge is 2.55. The zero-order chi connectivity index (χ0) is 21.6. The maximum Gasteiger partial charge on any atom is 0.310 e. The van der Waals surface area contributed by atoms with Crippen LogP contribution in [0.5, 0.6) is 0 Å². The van der Waals surface area contributed by atoms with Crippen molar-refractivity contribution in [3.8, 4) is 0 Å². The second-order valence-corrected chi connectivity index (χ2v) is 7.97. The van der Waals surface area contributed by atoms with E-state index < -0.39 is 0 Å². The number of nitrogens with zero attached hydrogens (tertiary/aromatic N) is 3. The first-order valence-electron chi connectivity index (χ1n) is 10.6. The minimum Gasteiger partial charge on any atom is -0.458 e.